The summed E-state index contributed by atoms with van der Waals surface area (Å²) in [5, 5.41) is 66.8. The minimum atomic E-state index is -0.698. The van der Waals surface area contributed by atoms with Crippen molar-refractivity contribution in [2.45, 2.75) is 178 Å². The summed E-state index contributed by atoms with van der Waals surface area (Å²) in [6, 6.07) is 28.9. The molecule has 1 saturated heterocycles. The molecule has 8 atom stereocenters. The number of nitrogens with one attached hydrogen (secondary N) is 2. The van der Waals surface area contributed by atoms with Crippen LogP contribution in [0.15, 0.2) is 115 Å². The topological polar surface area (TPSA) is 167 Å². The number of hydrogen-bond donors (Lipinski definition) is 7. The molecule has 6 aromatic rings. The second kappa shape index (κ2) is 24.9. The molecular weight excluding hydrogens is 1070 g/mol. The van der Waals surface area contributed by atoms with Gasteiger partial charge in [0.25, 0.3) is 0 Å². The fourth-order valence-electron chi connectivity index (χ4n) is 16.8. The highest BCUT2D eigenvalue weighted by atomic mass is 16.5. The van der Waals surface area contributed by atoms with Crippen molar-refractivity contribution in [3.63, 3.8) is 0 Å². The van der Waals surface area contributed by atoms with Crippen LogP contribution in [0, 0.1) is 35.5 Å². The van der Waals surface area contributed by atoms with Gasteiger partial charge in [0, 0.05) is 77.3 Å². The first-order chi connectivity index (χ1) is 41.9. The fraction of sp³-hybridized carbons (Fsp3) is 0.486. The number of aliphatic hydroxyl groups is 2. The smallest absolute Gasteiger partial charge is 0.165 e. The Morgan fingerprint density at radius 3 is 2.56 bits per heavy atom. The van der Waals surface area contributed by atoms with Crippen LogP contribution in [-0.2, 0) is 58.5 Å². The largest absolute Gasteiger partial charge is 0.508 e. The van der Waals surface area contributed by atoms with E-state index >= 15 is 0 Å². The van der Waals surface area contributed by atoms with E-state index in [9.17, 15) is 25.5 Å². The molecule has 2 fully saturated rings. The molecule has 12 heteroatoms. The Balaban J connectivity index is 0.968. The molecule has 1 spiro atoms. The maximum absolute atomic E-state index is 12.7. The number of aliphatic hydroxyl groups excluding tert-OH is 2. The van der Waals surface area contributed by atoms with Crippen molar-refractivity contribution in [1.82, 2.24) is 15.2 Å². The Morgan fingerprint density at radius 2 is 1.72 bits per heavy atom. The van der Waals surface area contributed by atoms with Crippen molar-refractivity contribution >= 4 is 16.6 Å². The maximum Gasteiger partial charge on any atom is 0.165 e. The Bertz CT molecular complexity index is 3590. The number of fused-ring (bicyclic) bond motifs is 7. The van der Waals surface area contributed by atoms with Crippen molar-refractivity contribution in [2.75, 3.05) is 27.1 Å². The number of phenols is 3. The first-order valence-corrected chi connectivity index (χ1v) is 32.2. The number of methoxy groups -OCH3 is 1. The van der Waals surface area contributed by atoms with Gasteiger partial charge in [-0.15, -0.1) is 0 Å². The summed E-state index contributed by atoms with van der Waals surface area (Å²) in [5.41, 5.74) is 11.9. The van der Waals surface area contributed by atoms with E-state index in [1.165, 1.54) is 36.0 Å². The Labute approximate surface area is 507 Å². The van der Waals surface area contributed by atoms with Crippen LogP contribution >= 0.6 is 0 Å². The Morgan fingerprint density at radius 1 is 0.849 bits per heavy atom. The molecular formula is C74H87N3O9. The summed E-state index contributed by atoms with van der Waals surface area (Å²) in [6.45, 7) is 5.69. The normalized spacial score (nSPS) is 26.2. The number of benzene rings is 5. The van der Waals surface area contributed by atoms with E-state index in [1.807, 2.05) is 18.2 Å². The molecule has 7 N–H and O–H groups in total. The molecule has 3 aliphatic carbocycles. The molecule has 1 unspecified atom stereocenters. The summed E-state index contributed by atoms with van der Waals surface area (Å²) in [4.78, 5) is 0. The molecule has 86 heavy (non-hydrogen) atoms. The molecule has 12 nitrogen and oxygen atoms in total. The number of phenolic OH excluding ortho intramolecular Hbond substituents is 3. The van der Waals surface area contributed by atoms with Gasteiger partial charge in [-0.25, -0.2) is 0 Å². The summed E-state index contributed by atoms with van der Waals surface area (Å²) >= 11 is 0. The molecule has 5 aliphatic heterocycles. The van der Waals surface area contributed by atoms with Gasteiger partial charge in [-0.05, 0) is 194 Å². The van der Waals surface area contributed by atoms with Crippen LogP contribution in [0.25, 0.3) is 16.6 Å². The van der Waals surface area contributed by atoms with Gasteiger partial charge in [0.1, 0.15) is 30.1 Å². The third-order valence-electron chi connectivity index (χ3n) is 20.8. The average molecular weight is 1160 g/mol. The first kappa shape index (κ1) is 58.5. The van der Waals surface area contributed by atoms with Crippen LogP contribution in [0.4, 0.5) is 0 Å². The first-order valence-electron chi connectivity index (χ1n) is 32.2. The highest BCUT2D eigenvalue weighted by Gasteiger charge is 2.58. The lowest BCUT2D eigenvalue weighted by Crippen LogP contribution is -2.59. The van der Waals surface area contributed by atoms with E-state index in [-0.39, 0.29) is 84.0 Å². The monoisotopic (exact) mass is 1160 g/mol. The molecule has 0 amide bonds. The lowest BCUT2D eigenvalue weighted by Gasteiger charge is -2.59. The van der Waals surface area contributed by atoms with Gasteiger partial charge >= 0.3 is 0 Å². The van der Waals surface area contributed by atoms with Crippen LogP contribution in [0.2, 0.25) is 0 Å². The van der Waals surface area contributed by atoms with E-state index in [0.717, 1.165) is 132 Å². The van der Waals surface area contributed by atoms with Crippen molar-refractivity contribution in [2.24, 2.45) is 23.7 Å². The van der Waals surface area contributed by atoms with Gasteiger partial charge in [-0.2, -0.15) is 0 Å². The zero-order chi connectivity index (χ0) is 59.1. The number of dihydropyridines is 1. The standard InChI is InChI=1S/C74H87N3O9/c1-46(2)29-54-33-53-36-61-56(42-78)37-67(82)71(70(54)61)85-43-57-35-58(74-27-28-86-73(25-7-4-8-26-73)68(74)24-22-50-13-5-6-16-64(50)74)34-55-40-77(41-62(55)57)72-63-44-84-60(39-66(53)81)15-10-11-47(19-21-51(63)38-69(76-72)75-45-83-3)17-18-48-20-23-65(80)52(30-48)31-49-12-9-14-59(79)32-49/h5-6,9,12-14,16,20,23,30,32,34-35,37-38,40-41,46-47,53-54,60,66,68-69,75-76,78-82H,4,7-8,10-11,15,17-18,22,24-29,31,33,36,39,42-45H2,1-3H3/t47-,53-,54-,60+,66+,68+,69?,74+/m1/s1. The van der Waals surface area contributed by atoms with Gasteiger partial charge in [-0.3, -0.25) is 5.32 Å². The molecule has 5 aromatic carbocycles. The number of nitrogens with zero attached hydrogens (tertiary/aromatic N) is 1. The highest BCUT2D eigenvalue weighted by molar-refractivity contribution is 5.89. The maximum atomic E-state index is 12.7. The number of aromatic nitrogens is 1. The quantitative estimate of drug-likeness (QED) is 0.0460. The SMILES string of the molecule is COCNC1C=C2C#C[C@@H](CCc3ccc(O)c(Cc4cccc(O)c4)c3)CCC[C@H]3C[C@H](O)[C@H]4Cc5c(CO)cc(O)c(c5[C@H](CC(C)C)C4)OCc4cc([C@]56CCOC7(CCCCC7)[C@@H]5CCc5ccccc56)cc5cn(cc45)C(=C2CO3)N1. The van der Waals surface area contributed by atoms with Crippen molar-refractivity contribution in [3.8, 4) is 34.8 Å². The summed E-state index contributed by atoms with van der Waals surface area (Å²) in [6.07, 6.45) is 21.1. The molecule has 14 rings (SSSR count). The lowest BCUT2D eigenvalue weighted by atomic mass is 9.51. The predicted molar refractivity (Wildman–Crippen MR) is 336 cm³/mol. The van der Waals surface area contributed by atoms with E-state index < -0.39 is 6.10 Å². The van der Waals surface area contributed by atoms with Crippen molar-refractivity contribution in [1.29, 1.82) is 0 Å². The predicted octanol–water partition coefficient (Wildman–Crippen LogP) is 12.9. The average Bonchev–Trinajstić information content (AvgIpc) is 0.879. The number of hydrogen-bond acceptors (Lipinski definition) is 11. The van der Waals surface area contributed by atoms with Crippen LogP contribution in [0.5, 0.6) is 23.0 Å². The van der Waals surface area contributed by atoms with E-state index in [4.69, 9.17) is 18.9 Å². The van der Waals surface area contributed by atoms with Gasteiger partial charge in [0.15, 0.2) is 11.5 Å². The third kappa shape index (κ3) is 11.5. The number of aryl methyl sites for hydroxylation is 2. The van der Waals surface area contributed by atoms with Crippen LogP contribution in [0.3, 0.4) is 0 Å². The molecule has 0 radical (unpaired) electrons. The van der Waals surface area contributed by atoms with Crippen molar-refractivity contribution < 1.29 is 44.5 Å². The van der Waals surface area contributed by atoms with E-state index in [1.54, 1.807) is 31.4 Å². The summed E-state index contributed by atoms with van der Waals surface area (Å²) in [5.74, 6) is 9.87. The lowest BCUT2D eigenvalue weighted by molar-refractivity contribution is -0.166. The summed E-state index contributed by atoms with van der Waals surface area (Å²) in [7, 11) is 1.69. The molecule has 452 valence electrons. The minimum absolute atomic E-state index is 0.0272. The number of rotatable bonds is 12. The van der Waals surface area contributed by atoms with Gasteiger partial charge in [0.05, 0.1) is 37.8 Å². The Hall–Kier alpha value is -6.56. The van der Waals surface area contributed by atoms with Gasteiger partial charge < -0.3 is 54.4 Å². The molecule has 8 bridgehead atoms. The zero-order valence-corrected chi connectivity index (χ0v) is 50.5. The van der Waals surface area contributed by atoms with Crippen LogP contribution in [0.1, 0.15) is 165 Å². The van der Waals surface area contributed by atoms with Crippen LogP contribution in [-0.4, -0.2) is 81.1 Å². The second-order valence-corrected chi connectivity index (χ2v) is 26.6. The molecule has 6 heterocycles. The van der Waals surface area contributed by atoms with E-state index in [2.05, 4.69) is 102 Å². The zero-order valence-electron chi connectivity index (χ0n) is 50.5. The Kier molecular flexibility index (Phi) is 16.9. The fourth-order valence-corrected chi connectivity index (χ4v) is 16.8. The van der Waals surface area contributed by atoms with E-state index in [0.29, 0.717) is 56.3 Å². The summed E-state index contributed by atoms with van der Waals surface area (Å²) < 4.78 is 29.5. The van der Waals surface area contributed by atoms with Crippen LogP contribution < -0.4 is 15.4 Å². The molecule has 1 aromatic heterocycles. The number of ether oxygens (including phenoxy) is 4. The second-order valence-electron chi connectivity index (χ2n) is 26.6. The van der Waals surface area contributed by atoms with Gasteiger partial charge in [0.2, 0.25) is 0 Å². The third-order valence-corrected chi connectivity index (χ3v) is 20.8. The molecule has 8 aliphatic rings. The minimum Gasteiger partial charge on any atom is -0.508 e. The van der Waals surface area contributed by atoms with Crippen molar-refractivity contribution in [3.05, 3.63) is 170 Å². The molecule has 1 saturated carbocycles. The number of aromatic hydroxyl groups is 3. The van der Waals surface area contributed by atoms with Gasteiger partial charge in [-0.1, -0.05) is 99.5 Å². The highest BCUT2D eigenvalue weighted by Crippen LogP contribution is 2.60.